The second-order valence-corrected chi connectivity index (χ2v) is 7.13. The minimum atomic E-state index is -0.0665. The molecule has 1 aliphatic heterocycles. The first kappa shape index (κ1) is 20.9. The maximum Gasteiger partial charge on any atom is 0.246 e. The maximum absolute atomic E-state index is 12.9. The van der Waals surface area contributed by atoms with Gasteiger partial charge in [0, 0.05) is 43.8 Å². The Bertz CT molecular complexity index is 847. The van der Waals surface area contributed by atoms with Gasteiger partial charge in [0.15, 0.2) is 0 Å². The molecule has 2 aromatic carbocycles. The number of benzene rings is 2. The molecule has 0 saturated heterocycles. The van der Waals surface area contributed by atoms with Crippen molar-refractivity contribution in [1.29, 1.82) is 0 Å². The quantitative estimate of drug-likeness (QED) is 0.600. The number of carbonyl (C=O) groups excluding carboxylic acids is 1. The summed E-state index contributed by atoms with van der Waals surface area (Å²) in [7, 11) is 1.64. The van der Waals surface area contributed by atoms with E-state index in [0.29, 0.717) is 26.3 Å². The van der Waals surface area contributed by atoms with E-state index in [9.17, 15) is 4.79 Å². The predicted octanol–water partition coefficient (Wildman–Crippen LogP) is 4.10. The molecule has 0 saturated carbocycles. The molecular formula is C24H29NO4. The summed E-state index contributed by atoms with van der Waals surface area (Å²) in [6, 6.07) is 13.9. The zero-order valence-corrected chi connectivity index (χ0v) is 17.4. The number of rotatable bonds is 9. The van der Waals surface area contributed by atoms with Crippen molar-refractivity contribution in [1.82, 2.24) is 4.90 Å². The van der Waals surface area contributed by atoms with Crippen LogP contribution in [0.4, 0.5) is 0 Å². The Hall–Kier alpha value is -2.79. The van der Waals surface area contributed by atoms with Crippen molar-refractivity contribution in [2.45, 2.75) is 32.9 Å². The van der Waals surface area contributed by atoms with Crippen molar-refractivity contribution in [3.8, 4) is 11.5 Å². The zero-order valence-electron chi connectivity index (χ0n) is 17.4. The van der Waals surface area contributed by atoms with Crippen molar-refractivity contribution in [2.24, 2.45) is 0 Å². The molecule has 1 amide bonds. The Kier molecular flexibility index (Phi) is 7.30. The third-order valence-electron chi connectivity index (χ3n) is 4.83. The first-order chi connectivity index (χ1) is 14.1. The Morgan fingerprint density at radius 1 is 1.28 bits per heavy atom. The highest BCUT2D eigenvalue weighted by Crippen LogP contribution is 2.35. The van der Waals surface area contributed by atoms with Gasteiger partial charge < -0.3 is 19.1 Å². The van der Waals surface area contributed by atoms with E-state index in [0.717, 1.165) is 34.6 Å². The summed E-state index contributed by atoms with van der Waals surface area (Å²) in [5, 5.41) is 0. The Morgan fingerprint density at radius 2 is 2.07 bits per heavy atom. The molecule has 0 N–H and O–H groups in total. The van der Waals surface area contributed by atoms with E-state index in [1.807, 2.05) is 55.5 Å². The molecule has 0 aliphatic carbocycles. The van der Waals surface area contributed by atoms with Crippen molar-refractivity contribution >= 4 is 12.0 Å². The normalized spacial score (nSPS) is 15.2. The van der Waals surface area contributed by atoms with E-state index in [-0.39, 0.29) is 12.0 Å². The first-order valence-electron chi connectivity index (χ1n) is 10.1. The third-order valence-corrected chi connectivity index (χ3v) is 4.83. The molecule has 1 heterocycles. The number of ether oxygens (including phenoxy) is 3. The van der Waals surface area contributed by atoms with Gasteiger partial charge in [0.1, 0.15) is 17.6 Å². The summed E-state index contributed by atoms with van der Waals surface area (Å²) in [6.07, 6.45) is 4.45. The molecule has 1 atom stereocenters. The molecule has 0 bridgehead atoms. The molecule has 3 rings (SSSR count). The van der Waals surface area contributed by atoms with Gasteiger partial charge in [-0.25, -0.2) is 0 Å². The standard InChI is InChI=1S/C24H29NO4/c1-4-28-22-16-21-14-18(2)29-23(21)15-20(22)10-11-24(26)25(12-13-27-3)17-19-8-6-5-7-9-19/h5-11,15-16,18H,4,12-14,17H2,1-3H3/b11-10+. The summed E-state index contributed by atoms with van der Waals surface area (Å²) >= 11 is 0. The molecule has 29 heavy (non-hydrogen) atoms. The lowest BCUT2D eigenvalue weighted by atomic mass is 10.1. The van der Waals surface area contributed by atoms with Gasteiger partial charge in [0.2, 0.25) is 5.91 Å². The van der Waals surface area contributed by atoms with E-state index in [1.165, 1.54) is 0 Å². The van der Waals surface area contributed by atoms with Crippen molar-refractivity contribution in [2.75, 3.05) is 26.9 Å². The molecule has 2 aromatic rings. The summed E-state index contributed by atoms with van der Waals surface area (Å²) in [5.41, 5.74) is 3.08. The molecule has 0 spiro atoms. The molecule has 0 radical (unpaired) electrons. The number of nitrogens with zero attached hydrogens (tertiary/aromatic N) is 1. The van der Waals surface area contributed by atoms with E-state index in [4.69, 9.17) is 14.2 Å². The largest absolute Gasteiger partial charge is 0.493 e. The number of carbonyl (C=O) groups is 1. The van der Waals surface area contributed by atoms with Gasteiger partial charge in [0.05, 0.1) is 13.2 Å². The average Bonchev–Trinajstić information content (AvgIpc) is 3.09. The number of hydrogen-bond donors (Lipinski definition) is 0. The second kappa shape index (κ2) is 10.1. The molecule has 1 unspecified atom stereocenters. The lowest BCUT2D eigenvalue weighted by Gasteiger charge is -2.21. The van der Waals surface area contributed by atoms with E-state index >= 15 is 0 Å². The summed E-state index contributed by atoms with van der Waals surface area (Å²) in [6.45, 7) is 6.13. The predicted molar refractivity (Wildman–Crippen MR) is 114 cm³/mol. The van der Waals surface area contributed by atoms with Gasteiger partial charge in [-0.15, -0.1) is 0 Å². The van der Waals surface area contributed by atoms with Crippen LogP contribution in [0.1, 0.15) is 30.5 Å². The fourth-order valence-corrected chi connectivity index (χ4v) is 3.40. The Morgan fingerprint density at radius 3 is 2.79 bits per heavy atom. The van der Waals surface area contributed by atoms with Crippen LogP contribution in [0, 0.1) is 0 Å². The summed E-state index contributed by atoms with van der Waals surface area (Å²) < 4.78 is 16.8. The number of hydrogen-bond acceptors (Lipinski definition) is 4. The van der Waals surface area contributed by atoms with Crippen LogP contribution in [0.25, 0.3) is 6.08 Å². The molecule has 0 fully saturated rings. The smallest absolute Gasteiger partial charge is 0.246 e. The summed E-state index contributed by atoms with van der Waals surface area (Å²) in [4.78, 5) is 14.7. The Labute approximate surface area is 172 Å². The Balaban J connectivity index is 1.78. The molecule has 5 heteroatoms. The lowest BCUT2D eigenvalue weighted by molar-refractivity contribution is -0.127. The highest BCUT2D eigenvalue weighted by Gasteiger charge is 2.21. The number of amides is 1. The van der Waals surface area contributed by atoms with Crippen molar-refractivity contribution in [3.05, 3.63) is 65.2 Å². The number of methoxy groups -OCH3 is 1. The monoisotopic (exact) mass is 395 g/mol. The van der Waals surface area contributed by atoms with Crippen LogP contribution in [0.2, 0.25) is 0 Å². The fraction of sp³-hybridized carbons (Fsp3) is 0.375. The van der Waals surface area contributed by atoms with Crippen LogP contribution in [-0.4, -0.2) is 43.8 Å². The van der Waals surface area contributed by atoms with Crippen molar-refractivity contribution in [3.63, 3.8) is 0 Å². The second-order valence-electron chi connectivity index (χ2n) is 7.13. The van der Waals surface area contributed by atoms with Gasteiger partial charge in [-0.1, -0.05) is 30.3 Å². The highest BCUT2D eigenvalue weighted by molar-refractivity contribution is 5.92. The van der Waals surface area contributed by atoms with E-state index in [1.54, 1.807) is 18.1 Å². The van der Waals surface area contributed by atoms with Crippen LogP contribution < -0.4 is 9.47 Å². The van der Waals surface area contributed by atoms with Gasteiger partial charge in [-0.05, 0) is 37.6 Å². The van der Waals surface area contributed by atoms with Crippen LogP contribution in [0.15, 0.2) is 48.5 Å². The maximum atomic E-state index is 12.9. The fourth-order valence-electron chi connectivity index (χ4n) is 3.40. The summed E-state index contributed by atoms with van der Waals surface area (Å²) in [5.74, 6) is 1.58. The van der Waals surface area contributed by atoms with Crippen LogP contribution >= 0.6 is 0 Å². The van der Waals surface area contributed by atoms with Gasteiger partial charge in [0.25, 0.3) is 0 Å². The van der Waals surface area contributed by atoms with Crippen LogP contribution in [-0.2, 0) is 22.5 Å². The van der Waals surface area contributed by atoms with Gasteiger partial charge >= 0.3 is 0 Å². The minimum absolute atomic E-state index is 0.0665. The minimum Gasteiger partial charge on any atom is -0.493 e. The van der Waals surface area contributed by atoms with Crippen LogP contribution in [0.5, 0.6) is 11.5 Å². The van der Waals surface area contributed by atoms with E-state index < -0.39 is 0 Å². The molecule has 1 aliphatic rings. The van der Waals surface area contributed by atoms with Gasteiger partial charge in [-0.2, -0.15) is 0 Å². The lowest BCUT2D eigenvalue weighted by Crippen LogP contribution is -2.32. The molecule has 0 aromatic heterocycles. The first-order valence-corrected chi connectivity index (χ1v) is 10.1. The zero-order chi connectivity index (χ0) is 20.6. The molecule has 5 nitrogen and oxygen atoms in total. The average molecular weight is 395 g/mol. The van der Waals surface area contributed by atoms with Crippen LogP contribution in [0.3, 0.4) is 0 Å². The third kappa shape index (κ3) is 5.61. The van der Waals surface area contributed by atoms with E-state index in [2.05, 4.69) is 6.92 Å². The molecule has 154 valence electrons. The highest BCUT2D eigenvalue weighted by atomic mass is 16.5. The topological polar surface area (TPSA) is 48.0 Å². The number of fused-ring (bicyclic) bond motifs is 1. The van der Waals surface area contributed by atoms with Crippen molar-refractivity contribution < 1.29 is 19.0 Å². The van der Waals surface area contributed by atoms with Gasteiger partial charge in [-0.3, -0.25) is 4.79 Å². The molecular weight excluding hydrogens is 366 g/mol. The SMILES string of the molecule is CCOc1cc2c(cc1/C=C/C(=O)N(CCOC)Cc1ccccc1)OC(C)C2.